The van der Waals surface area contributed by atoms with Gasteiger partial charge in [-0.3, -0.25) is 4.79 Å². The molecule has 0 spiro atoms. The number of piperazine rings is 1. The summed E-state index contributed by atoms with van der Waals surface area (Å²) in [5.74, 6) is 1.25. The van der Waals surface area contributed by atoms with Crippen LogP contribution in [0.2, 0.25) is 0 Å². The van der Waals surface area contributed by atoms with Gasteiger partial charge in [-0.1, -0.05) is 32.9 Å². The lowest BCUT2D eigenvalue weighted by molar-refractivity contribution is 0.102. The lowest BCUT2D eigenvalue weighted by Crippen LogP contribution is -2.44. The van der Waals surface area contributed by atoms with Gasteiger partial charge >= 0.3 is 0 Å². The highest BCUT2D eigenvalue weighted by atomic mass is 16.1. The summed E-state index contributed by atoms with van der Waals surface area (Å²) in [6.45, 7) is 10.4. The van der Waals surface area contributed by atoms with Crippen LogP contribution in [0.4, 0.5) is 11.6 Å². The van der Waals surface area contributed by atoms with E-state index < -0.39 is 0 Å². The maximum absolute atomic E-state index is 12.6. The first kappa shape index (κ1) is 19.4. The van der Waals surface area contributed by atoms with Crippen LogP contribution in [0, 0.1) is 0 Å². The topological polar surface area (TPSA) is 65.8 Å². The van der Waals surface area contributed by atoms with Crippen molar-refractivity contribution in [1.29, 1.82) is 0 Å². The number of hydrogen-bond acceptors (Lipinski definition) is 5. The number of aromatic nitrogens is 3. The third kappa shape index (κ3) is 4.24. The maximum Gasteiger partial charge on any atom is 0.256 e. The second kappa shape index (κ2) is 7.48. The number of fused-ring (bicyclic) bond motifs is 1. The minimum absolute atomic E-state index is 0.0593. The van der Waals surface area contributed by atoms with Crippen LogP contribution in [0.1, 0.15) is 36.7 Å². The number of amides is 1. The zero-order valence-corrected chi connectivity index (χ0v) is 17.5. The molecule has 4 rings (SSSR count). The highest BCUT2D eigenvalue weighted by Crippen LogP contribution is 2.22. The van der Waals surface area contributed by atoms with Crippen molar-refractivity contribution in [3.8, 4) is 0 Å². The molecule has 0 atom stereocenters. The van der Waals surface area contributed by atoms with Crippen molar-refractivity contribution in [2.24, 2.45) is 0 Å². The predicted molar refractivity (Wildman–Crippen MR) is 116 cm³/mol. The van der Waals surface area contributed by atoms with Crippen LogP contribution in [-0.2, 0) is 5.41 Å². The minimum atomic E-state index is -0.173. The average molecular weight is 393 g/mol. The molecule has 1 fully saturated rings. The van der Waals surface area contributed by atoms with Gasteiger partial charge in [0.1, 0.15) is 5.82 Å². The second-order valence-electron chi connectivity index (χ2n) is 8.69. The van der Waals surface area contributed by atoms with Gasteiger partial charge in [0, 0.05) is 31.7 Å². The molecule has 1 saturated heterocycles. The van der Waals surface area contributed by atoms with Crippen LogP contribution in [0.5, 0.6) is 0 Å². The molecule has 1 N–H and O–H groups in total. The van der Waals surface area contributed by atoms with Crippen molar-refractivity contribution in [3.05, 3.63) is 53.7 Å². The largest absolute Gasteiger partial charge is 0.353 e. The fourth-order valence-corrected chi connectivity index (χ4v) is 3.45. The minimum Gasteiger partial charge on any atom is -0.353 e. The second-order valence-corrected chi connectivity index (χ2v) is 8.69. The van der Waals surface area contributed by atoms with E-state index in [2.05, 4.69) is 53.0 Å². The molecule has 7 heteroatoms. The summed E-state index contributed by atoms with van der Waals surface area (Å²) in [4.78, 5) is 21.7. The molecule has 0 radical (unpaired) electrons. The standard InChI is InChI=1S/C22H28N6O/c1-22(2,3)17-7-5-16(6-8-17)21(29)24-18-15-28-19(23-18)9-10-20(25-28)27-13-11-26(4)12-14-27/h5-10,15H,11-14H2,1-4H3,(H,24,29). The van der Waals surface area contributed by atoms with Crippen LogP contribution in [0.15, 0.2) is 42.6 Å². The summed E-state index contributed by atoms with van der Waals surface area (Å²) in [5.41, 5.74) is 2.58. The Morgan fingerprint density at radius 3 is 2.34 bits per heavy atom. The molecule has 1 aromatic carbocycles. The molecule has 1 amide bonds. The quantitative estimate of drug-likeness (QED) is 0.742. The van der Waals surface area contributed by atoms with Crippen molar-refractivity contribution >= 4 is 23.2 Å². The van der Waals surface area contributed by atoms with Gasteiger partial charge < -0.3 is 15.1 Å². The van der Waals surface area contributed by atoms with E-state index in [-0.39, 0.29) is 11.3 Å². The molecule has 7 nitrogen and oxygen atoms in total. The highest BCUT2D eigenvalue weighted by molar-refractivity contribution is 6.03. The van der Waals surface area contributed by atoms with E-state index in [4.69, 9.17) is 0 Å². The van der Waals surface area contributed by atoms with Crippen LogP contribution in [-0.4, -0.2) is 58.6 Å². The maximum atomic E-state index is 12.6. The van der Waals surface area contributed by atoms with Crippen LogP contribution in [0.25, 0.3) is 5.65 Å². The molecule has 1 aliphatic heterocycles. The van der Waals surface area contributed by atoms with Gasteiger partial charge in [-0.15, -0.1) is 5.10 Å². The SMILES string of the molecule is CN1CCN(c2ccc3nc(NC(=O)c4ccc(C(C)(C)C)cc4)cn3n2)CC1. The van der Waals surface area contributed by atoms with E-state index >= 15 is 0 Å². The molecule has 3 aromatic rings. The number of rotatable bonds is 3. The molecule has 0 bridgehead atoms. The monoisotopic (exact) mass is 392 g/mol. The lowest BCUT2D eigenvalue weighted by atomic mass is 9.87. The van der Waals surface area contributed by atoms with E-state index in [0.717, 1.165) is 32.0 Å². The van der Waals surface area contributed by atoms with E-state index in [0.29, 0.717) is 17.0 Å². The third-order valence-electron chi connectivity index (χ3n) is 5.39. The van der Waals surface area contributed by atoms with Gasteiger partial charge in [-0.2, -0.15) is 0 Å². The smallest absolute Gasteiger partial charge is 0.256 e. The Morgan fingerprint density at radius 1 is 1.00 bits per heavy atom. The summed E-state index contributed by atoms with van der Waals surface area (Å²) >= 11 is 0. The molecule has 29 heavy (non-hydrogen) atoms. The van der Waals surface area contributed by atoms with Gasteiger partial charge in [0.05, 0.1) is 6.20 Å². The van der Waals surface area contributed by atoms with E-state index in [1.54, 1.807) is 10.7 Å². The fourth-order valence-electron chi connectivity index (χ4n) is 3.45. The Kier molecular flexibility index (Phi) is 5.00. The number of carbonyl (C=O) groups is 1. The molecular formula is C22H28N6O. The summed E-state index contributed by atoms with van der Waals surface area (Å²) in [7, 11) is 2.13. The number of likely N-dealkylation sites (N-methyl/N-ethyl adjacent to an activating group) is 1. The Bertz CT molecular complexity index is 1010. The zero-order valence-electron chi connectivity index (χ0n) is 17.5. The van der Waals surface area contributed by atoms with Gasteiger partial charge in [0.25, 0.3) is 5.91 Å². The van der Waals surface area contributed by atoms with Gasteiger partial charge in [-0.05, 0) is 42.3 Å². The van der Waals surface area contributed by atoms with Crippen LogP contribution >= 0.6 is 0 Å². The third-order valence-corrected chi connectivity index (χ3v) is 5.39. The molecule has 0 unspecified atom stereocenters. The highest BCUT2D eigenvalue weighted by Gasteiger charge is 2.17. The van der Waals surface area contributed by atoms with Gasteiger partial charge in [-0.25, -0.2) is 9.50 Å². The number of nitrogens with one attached hydrogen (secondary N) is 1. The zero-order chi connectivity index (χ0) is 20.6. The molecule has 152 valence electrons. The van der Waals surface area contributed by atoms with Crippen molar-refractivity contribution in [2.75, 3.05) is 43.4 Å². The first-order valence-corrected chi connectivity index (χ1v) is 10.0. The van der Waals surface area contributed by atoms with Crippen molar-refractivity contribution in [2.45, 2.75) is 26.2 Å². The van der Waals surface area contributed by atoms with Crippen LogP contribution in [0.3, 0.4) is 0 Å². The van der Waals surface area contributed by atoms with E-state index in [9.17, 15) is 4.79 Å². The predicted octanol–water partition coefficient (Wildman–Crippen LogP) is 3.03. The Hall–Kier alpha value is -2.93. The fraction of sp³-hybridized carbons (Fsp3) is 0.409. The Labute approximate surface area is 171 Å². The van der Waals surface area contributed by atoms with Gasteiger partial charge in [0.15, 0.2) is 11.5 Å². The van der Waals surface area contributed by atoms with E-state index in [1.807, 2.05) is 36.4 Å². The molecule has 2 aromatic heterocycles. The Balaban J connectivity index is 1.49. The number of imidazole rings is 1. The molecule has 0 saturated carbocycles. The summed E-state index contributed by atoms with van der Waals surface area (Å²) in [5, 5.41) is 7.55. The first-order chi connectivity index (χ1) is 13.8. The Morgan fingerprint density at radius 2 is 1.69 bits per heavy atom. The van der Waals surface area contributed by atoms with E-state index in [1.165, 1.54) is 5.56 Å². The van der Waals surface area contributed by atoms with Crippen molar-refractivity contribution in [1.82, 2.24) is 19.5 Å². The number of hydrogen-bond donors (Lipinski definition) is 1. The van der Waals surface area contributed by atoms with Crippen molar-refractivity contribution in [3.63, 3.8) is 0 Å². The summed E-state index contributed by atoms with van der Waals surface area (Å²) in [6, 6.07) is 11.6. The molecule has 1 aliphatic rings. The number of benzene rings is 1. The normalized spacial score (nSPS) is 15.7. The summed E-state index contributed by atoms with van der Waals surface area (Å²) < 4.78 is 1.73. The molecular weight excluding hydrogens is 364 g/mol. The molecule has 3 heterocycles. The van der Waals surface area contributed by atoms with Crippen molar-refractivity contribution < 1.29 is 4.79 Å². The van der Waals surface area contributed by atoms with Gasteiger partial charge in [0.2, 0.25) is 0 Å². The lowest BCUT2D eigenvalue weighted by Gasteiger charge is -2.32. The molecule has 0 aliphatic carbocycles. The number of anilines is 2. The number of nitrogens with zero attached hydrogens (tertiary/aromatic N) is 5. The average Bonchev–Trinajstić information content (AvgIpc) is 3.09. The summed E-state index contributed by atoms with van der Waals surface area (Å²) in [6.07, 6.45) is 1.76. The van der Waals surface area contributed by atoms with Crippen LogP contribution < -0.4 is 10.2 Å². The number of carbonyl (C=O) groups excluding carboxylic acids is 1. The first-order valence-electron chi connectivity index (χ1n) is 10.0.